The Kier molecular flexibility index (Phi) is 4.31. The van der Waals surface area contributed by atoms with Gasteiger partial charge in [-0.2, -0.15) is 8.78 Å². The van der Waals surface area contributed by atoms with Crippen LogP contribution in [0, 0.1) is 0 Å². The van der Waals surface area contributed by atoms with E-state index in [1.807, 2.05) is 0 Å². The van der Waals surface area contributed by atoms with Gasteiger partial charge in [0, 0.05) is 4.90 Å². The van der Waals surface area contributed by atoms with Crippen LogP contribution < -0.4 is 5.73 Å². The van der Waals surface area contributed by atoms with Crippen LogP contribution in [0.5, 0.6) is 0 Å². The van der Waals surface area contributed by atoms with Gasteiger partial charge in [-0.05, 0) is 17.7 Å². The number of thioether (sulfide) groups is 1. The lowest BCUT2D eigenvalue weighted by Crippen LogP contribution is -2.14. The van der Waals surface area contributed by atoms with Crippen LogP contribution >= 0.6 is 11.8 Å². The quantitative estimate of drug-likeness (QED) is 0.761. The second-order valence-corrected chi connectivity index (χ2v) is 3.80. The molecule has 1 aromatic rings. The monoisotopic (exact) mass is 219 g/mol. The van der Waals surface area contributed by atoms with Crippen molar-refractivity contribution in [3.8, 4) is 0 Å². The van der Waals surface area contributed by atoms with Crippen LogP contribution in [0.4, 0.5) is 8.78 Å². The number of alkyl halides is 2. The van der Waals surface area contributed by atoms with Gasteiger partial charge < -0.3 is 10.8 Å². The molecule has 14 heavy (non-hydrogen) atoms. The molecule has 3 N–H and O–H groups in total. The molecule has 0 aliphatic carbocycles. The van der Waals surface area contributed by atoms with Crippen LogP contribution in [0.25, 0.3) is 0 Å². The third kappa shape index (κ3) is 3.25. The predicted molar refractivity (Wildman–Crippen MR) is 52.3 cm³/mol. The van der Waals surface area contributed by atoms with Gasteiger partial charge >= 0.3 is 0 Å². The lowest BCUT2D eigenvalue weighted by atomic mass is 10.1. The number of hydrogen-bond acceptors (Lipinski definition) is 3. The Balaban J connectivity index is 2.78. The maximum absolute atomic E-state index is 12.0. The van der Waals surface area contributed by atoms with Crippen molar-refractivity contribution in [1.29, 1.82) is 0 Å². The summed E-state index contributed by atoms with van der Waals surface area (Å²) in [6.07, 6.45) is 0. The molecule has 5 heteroatoms. The normalized spacial score (nSPS) is 13.2. The van der Waals surface area contributed by atoms with E-state index in [-0.39, 0.29) is 6.61 Å². The highest BCUT2D eigenvalue weighted by Crippen LogP contribution is 2.26. The third-order valence-electron chi connectivity index (χ3n) is 1.71. The Morgan fingerprint density at radius 1 is 1.43 bits per heavy atom. The first-order chi connectivity index (χ1) is 6.63. The molecular formula is C9H11F2NOS. The second-order valence-electron chi connectivity index (χ2n) is 2.74. The second kappa shape index (κ2) is 5.29. The van der Waals surface area contributed by atoms with Gasteiger partial charge in [0.05, 0.1) is 12.6 Å². The highest BCUT2D eigenvalue weighted by Gasteiger charge is 2.08. The molecule has 78 valence electrons. The molecule has 0 heterocycles. The molecule has 0 saturated carbocycles. The predicted octanol–water partition coefficient (Wildman–Crippen LogP) is 1.99. The average molecular weight is 219 g/mol. The minimum atomic E-state index is -2.43. The van der Waals surface area contributed by atoms with Crippen molar-refractivity contribution in [2.75, 3.05) is 6.61 Å². The molecule has 0 amide bonds. The number of aliphatic hydroxyl groups is 1. The van der Waals surface area contributed by atoms with Gasteiger partial charge in [0.1, 0.15) is 0 Å². The molecule has 0 spiro atoms. The number of aliphatic hydroxyl groups excluding tert-OH is 1. The summed E-state index contributed by atoms with van der Waals surface area (Å²) < 4.78 is 24.0. The minimum Gasteiger partial charge on any atom is -0.394 e. The molecule has 0 saturated heterocycles. The molecule has 0 radical (unpaired) electrons. The summed E-state index contributed by atoms with van der Waals surface area (Å²) in [5.41, 5.74) is 6.21. The van der Waals surface area contributed by atoms with Crippen LogP contribution in [-0.4, -0.2) is 17.5 Å². The SMILES string of the molecule is NC(CO)c1cccc(SC(F)F)c1. The zero-order chi connectivity index (χ0) is 10.6. The van der Waals surface area contributed by atoms with Crippen molar-refractivity contribution in [3.05, 3.63) is 29.8 Å². The van der Waals surface area contributed by atoms with Crippen molar-refractivity contribution < 1.29 is 13.9 Å². The van der Waals surface area contributed by atoms with Crippen LogP contribution in [0.1, 0.15) is 11.6 Å². The van der Waals surface area contributed by atoms with Crippen LogP contribution in [0.3, 0.4) is 0 Å². The lowest BCUT2D eigenvalue weighted by molar-refractivity contribution is 0.252. The summed E-state index contributed by atoms with van der Waals surface area (Å²) in [5, 5.41) is 8.78. The summed E-state index contributed by atoms with van der Waals surface area (Å²) in [6.45, 7) is -0.192. The summed E-state index contributed by atoms with van der Waals surface area (Å²) >= 11 is 0.470. The maximum atomic E-state index is 12.0. The van der Waals surface area contributed by atoms with Gasteiger partial charge in [0.15, 0.2) is 0 Å². The number of benzene rings is 1. The summed E-state index contributed by atoms with van der Waals surface area (Å²) in [4.78, 5) is 0.460. The molecule has 0 aromatic heterocycles. The van der Waals surface area contributed by atoms with E-state index in [1.54, 1.807) is 24.3 Å². The Morgan fingerprint density at radius 3 is 2.71 bits per heavy atom. The fraction of sp³-hybridized carbons (Fsp3) is 0.333. The standard InChI is InChI=1S/C9H11F2NOS/c10-9(11)14-7-3-1-2-6(4-7)8(12)5-13/h1-4,8-9,13H,5,12H2. The van der Waals surface area contributed by atoms with E-state index in [2.05, 4.69) is 0 Å². The molecule has 0 aliphatic heterocycles. The fourth-order valence-electron chi connectivity index (χ4n) is 1.03. The smallest absolute Gasteiger partial charge is 0.288 e. The largest absolute Gasteiger partial charge is 0.394 e. The number of rotatable bonds is 4. The van der Waals surface area contributed by atoms with E-state index in [0.717, 1.165) is 0 Å². The average Bonchev–Trinajstić information content (AvgIpc) is 2.16. The molecule has 0 aliphatic rings. The van der Waals surface area contributed by atoms with Gasteiger partial charge in [-0.15, -0.1) is 0 Å². The van der Waals surface area contributed by atoms with Crippen LogP contribution in [0.2, 0.25) is 0 Å². The molecule has 1 rings (SSSR count). The summed E-state index contributed by atoms with van der Waals surface area (Å²) in [5.74, 6) is -2.43. The summed E-state index contributed by atoms with van der Waals surface area (Å²) in [7, 11) is 0. The Bertz CT molecular complexity index is 296. The van der Waals surface area contributed by atoms with E-state index >= 15 is 0 Å². The van der Waals surface area contributed by atoms with E-state index in [4.69, 9.17) is 10.8 Å². The van der Waals surface area contributed by atoms with E-state index < -0.39 is 11.8 Å². The highest BCUT2D eigenvalue weighted by atomic mass is 32.2. The van der Waals surface area contributed by atoms with Gasteiger partial charge in [0.25, 0.3) is 5.76 Å². The van der Waals surface area contributed by atoms with Crippen molar-refractivity contribution in [1.82, 2.24) is 0 Å². The minimum absolute atomic E-state index is 0.192. The van der Waals surface area contributed by atoms with Crippen molar-refractivity contribution >= 4 is 11.8 Å². The lowest BCUT2D eigenvalue weighted by Gasteiger charge is -2.09. The topological polar surface area (TPSA) is 46.2 Å². The molecule has 1 atom stereocenters. The van der Waals surface area contributed by atoms with Crippen molar-refractivity contribution in [2.24, 2.45) is 5.73 Å². The van der Waals surface area contributed by atoms with Crippen molar-refractivity contribution in [3.63, 3.8) is 0 Å². The Labute approximate surface area is 85.1 Å². The molecule has 0 bridgehead atoms. The highest BCUT2D eigenvalue weighted by molar-refractivity contribution is 7.99. The Morgan fingerprint density at radius 2 is 2.14 bits per heavy atom. The van der Waals surface area contributed by atoms with Crippen LogP contribution in [0.15, 0.2) is 29.2 Å². The first kappa shape index (κ1) is 11.4. The number of nitrogens with two attached hydrogens (primary N) is 1. The van der Waals surface area contributed by atoms with E-state index in [9.17, 15) is 8.78 Å². The first-order valence-electron chi connectivity index (χ1n) is 4.04. The first-order valence-corrected chi connectivity index (χ1v) is 4.92. The van der Waals surface area contributed by atoms with Gasteiger partial charge in [-0.3, -0.25) is 0 Å². The molecule has 1 aromatic carbocycles. The molecule has 0 fully saturated rings. The van der Waals surface area contributed by atoms with Gasteiger partial charge in [-0.25, -0.2) is 0 Å². The van der Waals surface area contributed by atoms with Gasteiger partial charge in [-0.1, -0.05) is 23.9 Å². The van der Waals surface area contributed by atoms with Crippen molar-refractivity contribution in [2.45, 2.75) is 16.7 Å². The molecule has 1 unspecified atom stereocenters. The Hall–Kier alpha value is -0.650. The number of halogens is 2. The summed E-state index contributed by atoms with van der Waals surface area (Å²) in [6, 6.07) is 6.00. The van der Waals surface area contributed by atoms with E-state index in [0.29, 0.717) is 22.2 Å². The fourth-order valence-corrected chi connectivity index (χ4v) is 1.59. The third-order valence-corrected chi connectivity index (χ3v) is 2.41. The molecule has 2 nitrogen and oxygen atoms in total. The van der Waals surface area contributed by atoms with Crippen LogP contribution in [-0.2, 0) is 0 Å². The van der Waals surface area contributed by atoms with E-state index in [1.165, 1.54) is 0 Å². The number of hydrogen-bond donors (Lipinski definition) is 2. The zero-order valence-corrected chi connectivity index (χ0v) is 8.18. The molecular weight excluding hydrogens is 208 g/mol. The maximum Gasteiger partial charge on any atom is 0.288 e. The van der Waals surface area contributed by atoms with Gasteiger partial charge in [0.2, 0.25) is 0 Å². The zero-order valence-electron chi connectivity index (χ0n) is 7.36.